The van der Waals surface area contributed by atoms with Crippen LogP contribution in [0, 0.1) is 0 Å². The van der Waals surface area contributed by atoms with E-state index in [0.29, 0.717) is 12.6 Å². The molecule has 2 fully saturated rings. The van der Waals surface area contributed by atoms with Crippen LogP contribution >= 0.6 is 0 Å². The van der Waals surface area contributed by atoms with E-state index in [1.807, 2.05) is 19.0 Å². The van der Waals surface area contributed by atoms with Gasteiger partial charge in [-0.15, -0.1) is 0 Å². The van der Waals surface area contributed by atoms with Crippen LogP contribution in [0.1, 0.15) is 19.8 Å². The van der Waals surface area contributed by atoms with Gasteiger partial charge in [-0.25, -0.2) is 0 Å². The highest BCUT2D eigenvalue weighted by atomic mass is 16.2. The molecule has 0 saturated carbocycles. The summed E-state index contributed by atoms with van der Waals surface area (Å²) in [4.78, 5) is 31.4. The third-order valence-electron chi connectivity index (χ3n) is 4.69. The number of likely N-dealkylation sites (tertiary alicyclic amines) is 1. The maximum Gasteiger partial charge on any atom is 0.236 e. The van der Waals surface area contributed by atoms with Crippen LogP contribution in [0.4, 0.5) is 0 Å². The van der Waals surface area contributed by atoms with Crippen molar-refractivity contribution >= 4 is 11.8 Å². The van der Waals surface area contributed by atoms with Crippen molar-refractivity contribution in [2.45, 2.75) is 25.8 Å². The molecule has 0 bridgehead atoms. The van der Waals surface area contributed by atoms with Gasteiger partial charge in [-0.05, 0) is 12.8 Å². The van der Waals surface area contributed by atoms with Gasteiger partial charge >= 0.3 is 0 Å². The first-order valence-electron chi connectivity index (χ1n) is 7.89. The van der Waals surface area contributed by atoms with Crippen LogP contribution in [0.3, 0.4) is 0 Å². The number of likely N-dealkylation sites (N-methyl/N-ethyl adjacent to an activating group) is 1. The van der Waals surface area contributed by atoms with Crippen molar-refractivity contribution in [3.63, 3.8) is 0 Å². The fourth-order valence-corrected chi connectivity index (χ4v) is 3.18. The summed E-state index contributed by atoms with van der Waals surface area (Å²) in [5.74, 6) is 0.371. The van der Waals surface area contributed by atoms with Crippen LogP contribution in [0.2, 0.25) is 0 Å². The van der Waals surface area contributed by atoms with E-state index >= 15 is 0 Å². The molecule has 2 aliphatic heterocycles. The number of piperazine rings is 1. The summed E-state index contributed by atoms with van der Waals surface area (Å²) in [6.07, 6.45) is 2.25. The number of nitrogens with zero attached hydrogens (tertiary/aromatic N) is 4. The van der Waals surface area contributed by atoms with E-state index in [1.165, 1.54) is 0 Å². The van der Waals surface area contributed by atoms with Gasteiger partial charge in [0.2, 0.25) is 11.8 Å². The molecule has 0 N–H and O–H groups in total. The van der Waals surface area contributed by atoms with E-state index in [0.717, 1.165) is 52.1 Å². The van der Waals surface area contributed by atoms with Gasteiger partial charge in [0.15, 0.2) is 0 Å². The minimum atomic E-state index is 0.184. The van der Waals surface area contributed by atoms with E-state index in [9.17, 15) is 9.59 Å². The standard InChI is InChI=1S/C15H28N4O2/c1-13(20)18-8-10-19(11-9-18)14-4-6-17(7-5-14)12-15(21)16(2)3/h14H,4-12H2,1-3H3. The van der Waals surface area contributed by atoms with Crippen LogP contribution in [0.25, 0.3) is 0 Å². The Morgan fingerprint density at radius 2 is 1.57 bits per heavy atom. The molecule has 0 aromatic rings. The molecule has 120 valence electrons. The molecule has 2 aliphatic rings. The molecule has 0 aromatic carbocycles. The van der Waals surface area contributed by atoms with Crippen LogP contribution in [0.5, 0.6) is 0 Å². The summed E-state index contributed by atoms with van der Waals surface area (Å²) in [5, 5.41) is 0. The average Bonchev–Trinajstić information content (AvgIpc) is 2.48. The van der Waals surface area contributed by atoms with Gasteiger partial charge in [-0.2, -0.15) is 0 Å². The molecule has 6 heteroatoms. The van der Waals surface area contributed by atoms with Crippen molar-refractivity contribution in [3.05, 3.63) is 0 Å². The number of carbonyl (C=O) groups is 2. The molecular weight excluding hydrogens is 268 g/mol. The van der Waals surface area contributed by atoms with Crippen molar-refractivity contribution < 1.29 is 9.59 Å². The van der Waals surface area contributed by atoms with Crippen molar-refractivity contribution in [1.29, 1.82) is 0 Å². The first-order chi connectivity index (χ1) is 9.97. The smallest absolute Gasteiger partial charge is 0.236 e. The summed E-state index contributed by atoms with van der Waals surface area (Å²) in [6, 6.07) is 0.616. The van der Waals surface area contributed by atoms with Gasteiger partial charge in [-0.3, -0.25) is 19.4 Å². The molecule has 21 heavy (non-hydrogen) atoms. The van der Waals surface area contributed by atoms with Crippen LogP contribution in [-0.2, 0) is 9.59 Å². The Bertz CT molecular complexity index is 370. The summed E-state index contributed by atoms with van der Waals surface area (Å²) < 4.78 is 0. The lowest BCUT2D eigenvalue weighted by molar-refractivity contribution is -0.131. The number of hydrogen-bond acceptors (Lipinski definition) is 4. The van der Waals surface area contributed by atoms with E-state index < -0.39 is 0 Å². The molecule has 0 spiro atoms. The highest BCUT2D eigenvalue weighted by Gasteiger charge is 2.28. The predicted molar refractivity (Wildman–Crippen MR) is 82.0 cm³/mol. The Morgan fingerprint density at radius 3 is 2.05 bits per heavy atom. The first-order valence-corrected chi connectivity index (χ1v) is 7.89. The molecule has 6 nitrogen and oxygen atoms in total. The molecule has 0 aromatic heterocycles. The normalized spacial score (nSPS) is 22.3. The highest BCUT2D eigenvalue weighted by molar-refractivity contribution is 5.77. The van der Waals surface area contributed by atoms with Crippen molar-refractivity contribution in [2.24, 2.45) is 0 Å². The van der Waals surface area contributed by atoms with Gasteiger partial charge in [0, 0.05) is 66.3 Å². The summed E-state index contributed by atoms with van der Waals surface area (Å²) >= 11 is 0. The van der Waals surface area contributed by atoms with E-state index in [2.05, 4.69) is 9.80 Å². The Morgan fingerprint density at radius 1 is 1.00 bits per heavy atom. The predicted octanol–water partition coefficient (Wildman–Crippen LogP) is -0.297. The Balaban J connectivity index is 1.72. The quantitative estimate of drug-likeness (QED) is 0.718. The lowest BCUT2D eigenvalue weighted by atomic mass is 10.0. The fraction of sp³-hybridized carbons (Fsp3) is 0.867. The Labute approximate surface area is 127 Å². The zero-order chi connectivity index (χ0) is 15.4. The van der Waals surface area contributed by atoms with E-state index in [-0.39, 0.29) is 11.8 Å². The number of hydrogen-bond donors (Lipinski definition) is 0. The van der Waals surface area contributed by atoms with Crippen LogP contribution in [-0.4, -0.2) is 97.4 Å². The zero-order valence-electron chi connectivity index (χ0n) is 13.5. The molecule has 0 unspecified atom stereocenters. The number of rotatable bonds is 3. The van der Waals surface area contributed by atoms with Gasteiger partial charge in [0.1, 0.15) is 0 Å². The van der Waals surface area contributed by atoms with Gasteiger partial charge in [0.05, 0.1) is 6.54 Å². The van der Waals surface area contributed by atoms with Crippen molar-refractivity contribution in [3.8, 4) is 0 Å². The average molecular weight is 296 g/mol. The van der Waals surface area contributed by atoms with Crippen LogP contribution in [0.15, 0.2) is 0 Å². The molecule has 2 rings (SSSR count). The molecule has 0 aliphatic carbocycles. The second-order valence-corrected chi connectivity index (χ2v) is 6.34. The fourth-order valence-electron chi connectivity index (χ4n) is 3.18. The summed E-state index contributed by atoms with van der Waals surface area (Å²) in [7, 11) is 3.62. The van der Waals surface area contributed by atoms with E-state index in [4.69, 9.17) is 0 Å². The first kappa shape index (κ1) is 16.2. The lowest BCUT2D eigenvalue weighted by Gasteiger charge is -2.42. The maximum atomic E-state index is 11.7. The molecular formula is C15H28N4O2. The third-order valence-corrected chi connectivity index (χ3v) is 4.69. The third kappa shape index (κ3) is 4.41. The molecule has 2 saturated heterocycles. The second-order valence-electron chi connectivity index (χ2n) is 6.34. The lowest BCUT2D eigenvalue weighted by Crippen LogP contribution is -2.54. The number of piperidine rings is 1. The second kappa shape index (κ2) is 7.22. The minimum Gasteiger partial charge on any atom is -0.348 e. The SMILES string of the molecule is CC(=O)N1CCN(C2CCN(CC(=O)N(C)C)CC2)CC1. The molecule has 2 amide bonds. The highest BCUT2D eigenvalue weighted by Crippen LogP contribution is 2.18. The molecule has 2 heterocycles. The number of carbonyl (C=O) groups excluding carboxylic acids is 2. The molecule has 0 atom stereocenters. The largest absolute Gasteiger partial charge is 0.348 e. The number of amides is 2. The van der Waals surface area contributed by atoms with Crippen LogP contribution < -0.4 is 0 Å². The zero-order valence-corrected chi connectivity index (χ0v) is 13.5. The van der Waals surface area contributed by atoms with Gasteiger partial charge in [0.25, 0.3) is 0 Å². The monoisotopic (exact) mass is 296 g/mol. The Kier molecular flexibility index (Phi) is 5.58. The molecule has 0 radical (unpaired) electrons. The van der Waals surface area contributed by atoms with Gasteiger partial charge in [-0.1, -0.05) is 0 Å². The topological polar surface area (TPSA) is 47.1 Å². The van der Waals surface area contributed by atoms with E-state index in [1.54, 1.807) is 11.8 Å². The summed E-state index contributed by atoms with van der Waals surface area (Å²) in [5.41, 5.74) is 0. The van der Waals surface area contributed by atoms with Crippen molar-refractivity contribution in [2.75, 3.05) is 59.9 Å². The minimum absolute atomic E-state index is 0.184. The maximum absolute atomic E-state index is 11.7. The van der Waals surface area contributed by atoms with Gasteiger partial charge < -0.3 is 9.80 Å². The summed E-state index contributed by atoms with van der Waals surface area (Å²) in [6.45, 7) is 7.87. The Hall–Kier alpha value is -1.14. The van der Waals surface area contributed by atoms with Crippen molar-refractivity contribution in [1.82, 2.24) is 19.6 Å².